The lowest BCUT2D eigenvalue weighted by molar-refractivity contribution is 0.554. The Bertz CT molecular complexity index is 409. The number of rotatable bonds is 4. The summed E-state index contributed by atoms with van der Waals surface area (Å²) in [4.78, 5) is 4.04. The van der Waals surface area contributed by atoms with Gasteiger partial charge in [0, 0.05) is 13.1 Å². The van der Waals surface area contributed by atoms with E-state index in [4.69, 9.17) is 4.42 Å². The Labute approximate surface area is 89.1 Å². The molecule has 0 fully saturated rings. The van der Waals surface area contributed by atoms with Gasteiger partial charge in [-0.2, -0.15) is 0 Å². The highest BCUT2D eigenvalue weighted by Gasteiger charge is 1.96. The molecule has 0 unspecified atom stereocenters. The van der Waals surface area contributed by atoms with E-state index in [0.717, 1.165) is 18.8 Å². The molecule has 0 saturated carbocycles. The molecule has 78 valence electrons. The summed E-state index contributed by atoms with van der Waals surface area (Å²) in [5.41, 5.74) is 3.51. The Kier molecular flexibility index (Phi) is 3.15. The van der Waals surface area contributed by atoms with E-state index >= 15 is 0 Å². The second kappa shape index (κ2) is 4.75. The van der Waals surface area contributed by atoms with Crippen LogP contribution >= 0.6 is 0 Å². The van der Waals surface area contributed by atoms with Crippen LogP contribution in [-0.4, -0.2) is 4.98 Å². The molecule has 15 heavy (non-hydrogen) atoms. The minimum Gasteiger partial charge on any atom is -0.451 e. The first-order chi connectivity index (χ1) is 7.34. The summed E-state index contributed by atoms with van der Waals surface area (Å²) in [6.45, 7) is 3.69. The average molecular weight is 202 g/mol. The third kappa shape index (κ3) is 2.92. The van der Waals surface area contributed by atoms with Crippen LogP contribution in [0.1, 0.15) is 16.8 Å². The van der Waals surface area contributed by atoms with Crippen molar-refractivity contribution in [1.82, 2.24) is 10.3 Å². The van der Waals surface area contributed by atoms with Crippen molar-refractivity contribution in [1.29, 1.82) is 0 Å². The van der Waals surface area contributed by atoms with Crippen LogP contribution in [0.3, 0.4) is 0 Å². The van der Waals surface area contributed by atoms with Crippen LogP contribution in [-0.2, 0) is 13.1 Å². The minimum absolute atomic E-state index is 0.741. The summed E-state index contributed by atoms with van der Waals surface area (Å²) in [7, 11) is 0. The summed E-state index contributed by atoms with van der Waals surface area (Å²) in [6, 6.07) is 8.46. The maximum atomic E-state index is 4.89. The number of aromatic nitrogens is 1. The Morgan fingerprint density at radius 3 is 3.00 bits per heavy atom. The first kappa shape index (κ1) is 9.93. The van der Waals surface area contributed by atoms with Gasteiger partial charge in [-0.25, -0.2) is 4.98 Å². The van der Waals surface area contributed by atoms with Gasteiger partial charge in [-0.3, -0.25) is 0 Å². The number of benzene rings is 1. The fraction of sp³-hybridized carbons (Fsp3) is 0.250. The highest BCUT2D eigenvalue weighted by atomic mass is 16.3. The van der Waals surface area contributed by atoms with Gasteiger partial charge >= 0.3 is 0 Å². The fourth-order valence-corrected chi connectivity index (χ4v) is 1.48. The zero-order valence-corrected chi connectivity index (χ0v) is 8.73. The van der Waals surface area contributed by atoms with Gasteiger partial charge in [-0.15, -0.1) is 0 Å². The number of nitrogens with one attached hydrogen (secondary N) is 1. The highest BCUT2D eigenvalue weighted by Crippen LogP contribution is 2.03. The molecule has 2 aromatic rings. The molecule has 1 aromatic carbocycles. The molecule has 1 aromatic heterocycles. The van der Waals surface area contributed by atoms with Crippen LogP contribution in [0.2, 0.25) is 0 Å². The number of oxazole rings is 1. The molecule has 3 heteroatoms. The topological polar surface area (TPSA) is 38.1 Å². The van der Waals surface area contributed by atoms with Crippen LogP contribution < -0.4 is 5.32 Å². The standard InChI is InChI=1S/C12H14N2O/c1-10-3-2-4-11(5-10)6-13-7-12-8-15-9-14-12/h2-5,8-9,13H,6-7H2,1H3. The van der Waals surface area contributed by atoms with E-state index < -0.39 is 0 Å². The van der Waals surface area contributed by atoms with Crippen LogP contribution in [0, 0.1) is 6.92 Å². The molecule has 0 aliphatic rings. The molecule has 0 saturated heterocycles. The van der Waals surface area contributed by atoms with Crippen LogP contribution in [0.15, 0.2) is 41.3 Å². The second-order valence-electron chi connectivity index (χ2n) is 3.57. The number of aryl methyl sites for hydroxylation is 1. The maximum absolute atomic E-state index is 4.89. The summed E-state index contributed by atoms with van der Waals surface area (Å²) < 4.78 is 4.89. The monoisotopic (exact) mass is 202 g/mol. The predicted octanol–water partition coefficient (Wildman–Crippen LogP) is 2.27. The van der Waals surface area contributed by atoms with E-state index in [9.17, 15) is 0 Å². The lowest BCUT2D eigenvalue weighted by atomic mass is 10.1. The van der Waals surface area contributed by atoms with Crippen molar-refractivity contribution in [2.45, 2.75) is 20.0 Å². The third-order valence-electron chi connectivity index (χ3n) is 2.20. The van der Waals surface area contributed by atoms with Crippen LogP contribution in [0.25, 0.3) is 0 Å². The fourth-order valence-electron chi connectivity index (χ4n) is 1.48. The number of hydrogen-bond donors (Lipinski definition) is 1. The van der Waals surface area contributed by atoms with Crippen molar-refractivity contribution in [3.63, 3.8) is 0 Å². The summed E-state index contributed by atoms with van der Waals surface area (Å²) in [6.07, 6.45) is 3.10. The van der Waals surface area contributed by atoms with Crippen molar-refractivity contribution in [3.8, 4) is 0 Å². The Hall–Kier alpha value is -1.61. The van der Waals surface area contributed by atoms with Gasteiger partial charge < -0.3 is 9.73 Å². The molecule has 0 aliphatic heterocycles. The van der Waals surface area contributed by atoms with Gasteiger partial charge in [0.1, 0.15) is 6.26 Å². The summed E-state index contributed by atoms with van der Waals surface area (Å²) >= 11 is 0. The maximum Gasteiger partial charge on any atom is 0.180 e. The van der Waals surface area contributed by atoms with Crippen LogP contribution in [0.5, 0.6) is 0 Å². The Balaban J connectivity index is 1.83. The van der Waals surface area contributed by atoms with E-state index in [1.165, 1.54) is 17.5 Å². The molecule has 3 nitrogen and oxygen atoms in total. The average Bonchev–Trinajstić information content (AvgIpc) is 2.71. The van der Waals surface area contributed by atoms with Crippen molar-refractivity contribution < 1.29 is 4.42 Å². The molecule has 0 atom stereocenters. The molecule has 2 rings (SSSR count). The lowest BCUT2D eigenvalue weighted by Gasteiger charge is -2.03. The lowest BCUT2D eigenvalue weighted by Crippen LogP contribution is -2.12. The Morgan fingerprint density at radius 2 is 2.27 bits per heavy atom. The number of nitrogens with zero attached hydrogens (tertiary/aromatic N) is 1. The molecule has 0 spiro atoms. The molecule has 1 heterocycles. The van der Waals surface area contributed by atoms with Crippen molar-refractivity contribution in [2.75, 3.05) is 0 Å². The van der Waals surface area contributed by atoms with Crippen LogP contribution in [0.4, 0.5) is 0 Å². The largest absolute Gasteiger partial charge is 0.451 e. The van der Waals surface area contributed by atoms with E-state index in [0.29, 0.717) is 0 Å². The van der Waals surface area contributed by atoms with Gasteiger partial charge in [0.05, 0.1) is 5.69 Å². The second-order valence-corrected chi connectivity index (χ2v) is 3.57. The molecule has 1 N–H and O–H groups in total. The Morgan fingerprint density at radius 1 is 1.33 bits per heavy atom. The first-order valence-corrected chi connectivity index (χ1v) is 4.98. The molecular formula is C12H14N2O. The van der Waals surface area contributed by atoms with Gasteiger partial charge in [0.25, 0.3) is 0 Å². The van der Waals surface area contributed by atoms with E-state index in [1.807, 2.05) is 0 Å². The van der Waals surface area contributed by atoms with Crippen molar-refractivity contribution in [2.24, 2.45) is 0 Å². The smallest absolute Gasteiger partial charge is 0.180 e. The zero-order valence-electron chi connectivity index (χ0n) is 8.73. The van der Waals surface area contributed by atoms with Gasteiger partial charge in [0.2, 0.25) is 0 Å². The molecule has 0 radical (unpaired) electrons. The highest BCUT2D eigenvalue weighted by molar-refractivity contribution is 5.21. The summed E-state index contributed by atoms with van der Waals surface area (Å²) in [5.74, 6) is 0. The van der Waals surface area contributed by atoms with E-state index in [1.54, 1.807) is 6.26 Å². The predicted molar refractivity (Wildman–Crippen MR) is 58.2 cm³/mol. The minimum atomic E-state index is 0.741. The van der Waals surface area contributed by atoms with Gasteiger partial charge in [-0.05, 0) is 12.5 Å². The van der Waals surface area contributed by atoms with E-state index in [-0.39, 0.29) is 0 Å². The molecule has 0 bridgehead atoms. The number of hydrogen-bond acceptors (Lipinski definition) is 3. The van der Waals surface area contributed by atoms with Crippen molar-refractivity contribution in [3.05, 3.63) is 53.7 Å². The first-order valence-electron chi connectivity index (χ1n) is 4.98. The van der Waals surface area contributed by atoms with Gasteiger partial charge in [0.15, 0.2) is 6.39 Å². The zero-order chi connectivity index (χ0) is 10.5. The van der Waals surface area contributed by atoms with E-state index in [2.05, 4.69) is 41.5 Å². The van der Waals surface area contributed by atoms with Crippen molar-refractivity contribution >= 4 is 0 Å². The quantitative estimate of drug-likeness (QED) is 0.826. The molecule has 0 aliphatic carbocycles. The SMILES string of the molecule is Cc1cccc(CNCc2cocn2)c1. The normalized spacial score (nSPS) is 10.5. The molecular weight excluding hydrogens is 188 g/mol. The summed E-state index contributed by atoms with van der Waals surface area (Å²) in [5, 5.41) is 3.31. The third-order valence-corrected chi connectivity index (χ3v) is 2.20. The molecule has 0 amide bonds. The van der Waals surface area contributed by atoms with Gasteiger partial charge in [-0.1, -0.05) is 29.8 Å².